The first-order valence-corrected chi connectivity index (χ1v) is 8.05. The van der Waals surface area contributed by atoms with Crippen LogP contribution in [0, 0.1) is 0 Å². The molecule has 0 bridgehead atoms. The standard InChI is InChI=1S/C18H26O4/c1-3-5-7-12-15(4-2)21-17(19)18-20-13-16(22-18)14-10-8-6-9-11-14/h5-11,15-19H,3-4,12-13H2,1-2H3/b7-5+. The lowest BCUT2D eigenvalue weighted by Crippen LogP contribution is -2.33. The number of aliphatic hydroxyl groups excluding tert-OH is 1. The van der Waals surface area contributed by atoms with E-state index in [2.05, 4.69) is 19.1 Å². The van der Waals surface area contributed by atoms with Crippen LogP contribution in [0.15, 0.2) is 42.5 Å². The van der Waals surface area contributed by atoms with Crippen molar-refractivity contribution in [3.05, 3.63) is 48.0 Å². The maximum atomic E-state index is 10.2. The Hall–Kier alpha value is -1.20. The molecule has 0 spiro atoms. The summed E-state index contributed by atoms with van der Waals surface area (Å²) in [4.78, 5) is 0. The summed E-state index contributed by atoms with van der Waals surface area (Å²) < 4.78 is 17.0. The van der Waals surface area contributed by atoms with E-state index >= 15 is 0 Å². The molecule has 4 heteroatoms. The first-order chi connectivity index (χ1) is 10.7. The third-order valence-electron chi connectivity index (χ3n) is 3.70. The number of aliphatic hydroxyl groups is 1. The van der Waals surface area contributed by atoms with Crippen molar-refractivity contribution in [3.63, 3.8) is 0 Å². The number of rotatable bonds is 8. The molecule has 0 aliphatic carbocycles. The van der Waals surface area contributed by atoms with Crippen molar-refractivity contribution in [2.45, 2.75) is 57.9 Å². The number of hydrogen-bond donors (Lipinski definition) is 1. The van der Waals surface area contributed by atoms with Crippen molar-refractivity contribution < 1.29 is 19.3 Å². The molecule has 0 amide bonds. The first-order valence-electron chi connectivity index (χ1n) is 8.05. The number of benzene rings is 1. The van der Waals surface area contributed by atoms with Crippen LogP contribution in [0.5, 0.6) is 0 Å². The highest BCUT2D eigenvalue weighted by atomic mass is 16.8. The Bertz CT molecular complexity index is 446. The van der Waals surface area contributed by atoms with Gasteiger partial charge in [-0.05, 0) is 24.8 Å². The third-order valence-corrected chi connectivity index (χ3v) is 3.70. The van der Waals surface area contributed by atoms with Gasteiger partial charge in [-0.15, -0.1) is 0 Å². The molecule has 1 fully saturated rings. The Balaban J connectivity index is 1.83. The van der Waals surface area contributed by atoms with Crippen LogP contribution >= 0.6 is 0 Å². The summed E-state index contributed by atoms with van der Waals surface area (Å²) in [5.41, 5.74) is 1.05. The molecular formula is C18H26O4. The van der Waals surface area contributed by atoms with Crippen molar-refractivity contribution in [2.75, 3.05) is 6.61 Å². The lowest BCUT2D eigenvalue weighted by atomic mass is 10.1. The normalized spacial score (nSPS) is 24.7. The summed E-state index contributed by atoms with van der Waals surface area (Å²) in [6.45, 7) is 4.57. The van der Waals surface area contributed by atoms with Gasteiger partial charge in [-0.1, -0.05) is 56.3 Å². The van der Waals surface area contributed by atoms with Gasteiger partial charge in [-0.3, -0.25) is 0 Å². The molecule has 1 N–H and O–H groups in total. The molecule has 122 valence electrons. The molecule has 4 atom stereocenters. The molecule has 1 aromatic rings. The Kier molecular flexibility index (Phi) is 7.06. The fourth-order valence-electron chi connectivity index (χ4n) is 2.41. The van der Waals surface area contributed by atoms with Crippen LogP contribution in [0.4, 0.5) is 0 Å². The van der Waals surface area contributed by atoms with E-state index in [0.717, 1.165) is 24.8 Å². The average molecular weight is 306 g/mol. The SMILES string of the molecule is CC/C=C/CC(CC)OC(O)C1OCC(c2ccccc2)O1. The smallest absolute Gasteiger partial charge is 0.210 e. The zero-order chi connectivity index (χ0) is 15.8. The van der Waals surface area contributed by atoms with Crippen LogP contribution in [0.25, 0.3) is 0 Å². The zero-order valence-corrected chi connectivity index (χ0v) is 13.4. The minimum Gasteiger partial charge on any atom is -0.364 e. The zero-order valence-electron chi connectivity index (χ0n) is 13.4. The second-order valence-electron chi connectivity index (χ2n) is 5.41. The fourth-order valence-corrected chi connectivity index (χ4v) is 2.41. The van der Waals surface area contributed by atoms with Gasteiger partial charge < -0.3 is 19.3 Å². The van der Waals surface area contributed by atoms with Gasteiger partial charge in [0, 0.05) is 0 Å². The molecule has 1 aliphatic rings. The topological polar surface area (TPSA) is 47.9 Å². The molecular weight excluding hydrogens is 280 g/mol. The number of allylic oxidation sites excluding steroid dienone is 1. The summed E-state index contributed by atoms with van der Waals surface area (Å²) in [7, 11) is 0. The lowest BCUT2D eigenvalue weighted by Gasteiger charge is -2.23. The molecule has 0 radical (unpaired) electrons. The van der Waals surface area contributed by atoms with Gasteiger partial charge in [-0.25, -0.2) is 0 Å². The second kappa shape index (κ2) is 9.06. The van der Waals surface area contributed by atoms with Crippen molar-refractivity contribution in [1.82, 2.24) is 0 Å². The highest BCUT2D eigenvalue weighted by Gasteiger charge is 2.34. The molecule has 22 heavy (non-hydrogen) atoms. The van der Waals surface area contributed by atoms with Crippen molar-refractivity contribution in [2.24, 2.45) is 0 Å². The first kappa shape index (κ1) is 17.2. The molecule has 2 rings (SSSR count). The Morgan fingerprint density at radius 3 is 2.73 bits per heavy atom. The Labute approximate surface area is 132 Å². The molecule has 1 aliphatic heterocycles. The Morgan fingerprint density at radius 1 is 1.27 bits per heavy atom. The van der Waals surface area contributed by atoms with E-state index in [4.69, 9.17) is 14.2 Å². The van der Waals surface area contributed by atoms with E-state index in [1.807, 2.05) is 37.3 Å². The summed E-state index contributed by atoms with van der Waals surface area (Å²) in [5, 5.41) is 10.2. The lowest BCUT2D eigenvalue weighted by molar-refractivity contribution is -0.249. The minimum absolute atomic E-state index is 0.0271. The van der Waals surface area contributed by atoms with E-state index in [-0.39, 0.29) is 12.2 Å². The van der Waals surface area contributed by atoms with Gasteiger partial charge in [0.2, 0.25) is 12.6 Å². The molecule has 1 aromatic carbocycles. The van der Waals surface area contributed by atoms with Crippen LogP contribution < -0.4 is 0 Å². The van der Waals surface area contributed by atoms with Crippen molar-refractivity contribution >= 4 is 0 Å². The number of ether oxygens (including phenoxy) is 3. The highest BCUT2D eigenvalue weighted by Crippen LogP contribution is 2.28. The average Bonchev–Trinajstić information content (AvgIpc) is 3.05. The summed E-state index contributed by atoms with van der Waals surface area (Å²) >= 11 is 0. The van der Waals surface area contributed by atoms with E-state index < -0.39 is 12.6 Å². The molecule has 4 nitrogen and oxygen atoms in total. The third kappa shape index (κ3) is 4.92. The van der Waals surface area contributed by atoms with Crippen molar-refractivity contribution in [1.29, 1.82) is 0 Å². The maximum absolute atomic E-state index is 10.2. The van der Waals surface area contributed by atoms with Gasteiger partial charge in [0.25, 0.3) is 0 Å². The van der Waals surface area contributed by atoms with E-state index in [1.165, 1.54) is 0 Å². The molecule has 1 heterocycles. The summed E-state index contributed by atoms with van der Waals surface area (Å²) in [6.07, 6.45) is 4.85. The second-order valence-corrected chi connectivity index (χ2v) is 5.41. The van der Waals surface area contributed by atoms with Gasteiger partial charge in [0.15, 0.2) is 0 Å². The van der Waals surface area contributed by atoms with Crippen LogP contribution in [0.2, 0.25) is 0 Å². The van der Waals surface area contributed by atoms with Crippen LogP contribution in [0.1, 0.15) is 44.8 Å². The van der Waals surface area contributed by atoms with Crippen LogP contribution in [-0.2, 0) is 14.2 Å². The highest BCUT2D eigenvalue weighted by molar-refractivity contribution is 5.18. The van der Waals surface area contributed by atoms with Gasteiger partial charge in [0.1, 0.15) is 6.10 Å². The van der Waals surface area contributed by atoms with E-state index in [0.29, 0.717) is 6.61 Å². The van der Waals surface area contributed by atoms with Gasteiger partial charge in [-0.2, -0.15) is 0 Å². The van der Waals surface area contributed by atoms with E-state index in [1.54, 1.807) is 0 Å². The number of hydrogen-bond acceptors (Lipinski definition) is 4. The van der Waals surface area contributed by atoms with Gasteiger partial charge in [0.05, 0.1) is 12.7 Å². The molecule has 4 unspecified atom stereocenters. The van der Waals surface area contributed by atoms with E-state index in [9.17, 15) is 5.11 Å². The predicted octanol–water partition coefficient (Wildman–Crippen LogP) is 3.57. The summed E-state index contributed by atoms with van der Waals surface area (Å²) in [6, 6.07) is 9.88. The summed E-state index contributed by atoms with van der Waals surface area (Å²) in [5.74, 6) is 0. The van der Waals surface area contributed by atoms with Crippen LogP contribution in [0.3, 0.4) is 0 Å². The largest absolute Gasteiger partial charge is 0.364 e. The minimum atomic E-state index is -1.06. The Morgan fingerprint density at radius 2 is 2.05 bits per heavy atom. The van der Waals surface area contributed by atoms with Gasteiger partial charge >= 0.3 is 0 Å². The van der Waals surface area contributed by atoms with Crippen molar-refractivity contribution in [3.8, 4) is 0 Å². The fraction of sp³-hybridized carbons (Fsp3) is 0.556. The molecule has 1 saturated heterocycles. The van der Waals surface area contributed by atoms with Crippen LogP contribution in [-0.4, -0.2) is 30.4 Å². The monoisotopic (exact) mass is 306 g/mol. The quantitative estimate of drug-likeness (QED) is 0.589. The predicted molar refractivity (Wildman–Crippen MR) is 85.2 cm³/mol. The molecule has 0 aromatic heterocycles. The maximum Gasteiger partial charge on any atom is 0.210 e. The molecule has 0 saturated carbocycles.